The first-order chi connectivity index (χ1) is 14.7. The monoisotopic (exact) mass is 428 g/mol. The highest BCUT2D eigenvalue weighted by Gasteiger charge is 2.17. The third-order valence-electron chi connectivity index (χ3n) is 5.57. The topological polar surface area (TPSA) is 52.4 Å². The number of ether oxygens (including phenoxy) is 2. The van der Waals surface area contributed by atoms with E-state index in [4.69, 9.17) is 26.2 Å². The van der Waals surface area contributed by atoms with Gasteiger partial charge in [0.1, 0.15) is 23.2 Å². The molecule has 0 saturated carbocycles. The molecular formula is C23H29ClN4O2. The number of aromatic nitrogens is 3. The second kappa shape index (κ2) is 9.77. The lowest BCUT2D eigenvalue weighted by molar-refractivity contribution is 0.0322. The highest BCUT2D eigenvalue weighted by atomic mass is 35.5. The van der Waals surface area contributed by atoms with Crippen molar-refractivity contribution in [3.8, 4) is 17.0 Å². The molecule has 1 aliphatic rings. The van der Waals surface area contributed by atoms with Crippen LogP contribution in [0.4, 0.5) is 0 Å². The summed E-state index contributed by atoms with van der Waals surface area (Å²) in [4.78, 5) is 6.67. The molecule has 0 unspecified atom stereocenters. The average Bonchev–Trinajstić information content (AvgIpc) is 3.14. The van der Waals surface area contributed by atoms with Crippen LogP contribution in [0.2, 0.25) is 5.15 Å². The van der Waals surface area contributed by atoms with E-state index in [-0.39, 0.29) is 6.04 Å². The van der Waals surface area contributed by atoms with Gasteiger partial charge in [0.2, 0.25) is 0 Å². The first-order valence-electron chi connectivity index (χ1n) is 10.7. The molecule has 2 aromatic heterocycles. The first-order valence-corrected chi connectivity index (χ1v) is 11.1. The summed E-state index contributed by atoms with van der Waals surface area (Å²) in [6, 6.07) is 10.3. The highest BCUT2D eigenvalue weighted by Crippen LogP contribution is 2.33. The molecule has 0 aliphatic carbocycles. The molecule has 1 fully saturated rings. The molecule has 7 heteroatoms. The molecule has 1 saturated heterocycles. The van der Waals surface area contributed by atoms with Crippen molar-refractivity contribution in [3.63, 3.8) is 0 Å². The van der Waals surface area contributed by atoms with Gasteiger partial charge in [-0.15, -0.1) is 0 Å². The third kappa shape index (κ3) is 4.77. The van der Waals surface area contributed by atoms with Crippen molar-refractivity contribution in [2.24, 2.45) is 0 Å². The summed E-state index contributed by atoms with van der Waals surface area (Å²) >= 11 is 6.19. The Morgan fingerprint density at radius 3 is 2.87 bits per heavy atom. The van der Waals surface area contributed by atoms with Crippen LogP contribution < -0.4 is 4.74 Å². The van der Waals surface area contributed by atoms with Crippen LogP contribution >= 0.6 is 11.6 Å². The average molecular weight is 429 g/mol. The number of hydrogen-bond acceptors (Lipinski definition) is 5. The fourth-order valence-electron chi connectivity index (χ4n) is 3.95. The number of hydrogen-bond donors (Lipinski definition) is 0. The summed E-state index contributed by atoms with van der Waals surface area (Å²) in [6.45, 7) is 9.50. The van der Waals surface area contributed by atoms with E-state index in [2.05, 4.69) is 40.5 Å². The second-order valence-corrected chi connectivity index (χ2v) is 8.17. The number of rotatable bonds is 8. The van der Waals surface area contributed by atoms with E-state index in [9.17, 15) is 0 Å². The zero-order chi connectivity index (χ0) is 20.9. The zero-order valence-electron chi connectivity index (χ0n) is 17.7. The van der Waals surface area contributed by atoms with E-state index >= 15 is 0 Å². The molecule has 30 heavy (non-hydrogen) atoms. The summed E-state index contributed by atoms with van der Waals surface area (Å²) in [7, 11) is 0. The van der Waals surface area contributed by atoms with Crippen molar-refractivity contribution >= 4 is 22.5 Å². The van der Waals surface area contributed by atoms with Crippen LogP contribution in [0.5, 0.6) is 5.75 Å². The summed E-state index contributed by atoms with van der Waals surface area (Å²) in [5, 5.41) is 6.45. The number of morpholine rings is 1. The Labute approximate surface area is 182 Å². The van der Waals surface area contributed by atoms with Gasteiger partial charge in [-0.2, -0.15) is 5.10 Å². The molecule has 4 rings (SSSR count). The van der Waals surface area contributed by atoms with Crippen molar-refractivity contribution in [2.75, 3.05) is 39.5 Å². The lowest BCUT2D eigenvalue weighted by atomic mass is 10.1. The van der Waals surface area contributed by atoms with E-state index in [0.717, 1.165) is 73.6 Å². The van der Waals surface area contributed by atoms with E-state index in [0.29, 0.717) is 11.8 Å². The largest absolute Gasteiger partial charge is 0.492 e. The number of halogens is 1. The zero-order valence-corrected chi connectivity index (χ0v) is 18.4. The van der Waals surface area contributed by atoms with Crippen LogP contribution in [-0.2, 0) is 4.74 Å². The second-order valence-electron chi connectivity index (χ2n) is 7.79. The fraction of sp³-hybridized carbons (Fsp3) is 0.478. The molecule has 6 nitrogen and oxygen atoms in total. The summed E-state index contributed by atoms with van der Waals surface area (Å²) in [5.74, 6) is 0.854. The number of pyridine rings is 1. The van der Waals surface area contributed by atoms with Crippen LogP contribution in [0.15, 0.2) is 36.5 Å². The number of fused-ring (bicyclic) bond motifs is 1. The molecular weight excluding hydrogens is 400 g/mol. The maximum Gasteiger partial charge on any atom is 0.131 e. The molecule has 160 valence electrons. The minimum Gasteiger partial charge on any atom is -0.492 e. The maximum absolute atomic E-state index is 6.19. The van der Waals surface area contributed by atoms with E-state index in [1.165, 1.54) is 0 Å². The van der Waals surface area contributed by atoms with Crippen LogP contribution in [-0.4, -0.2) is 59.1 Å². The predicted molar refractivity (Wildman–Crippen MR) is 120 cm³/mol. The Balaban J connectivity index is 1.56. The Hall–Kier alpha value is -2.15. The minimum atomic E-state index is 0.290. The van der Waals surface area contributed by atoms with Gasteiger partial charge in [-0.1, -0.05) is 37.1 Å². The fourth-order valence-corrected chi connectivity index (χ4v) is 4.10. The highest BCUT2D eigenvalue weighted by molar-refractivity contribution is 6.30. The van der Waals surface area contributed by atoms with Crippen molar-refractivity contribution in [1.29, 1.82) is 0 Å². The van der Waals surface area contributed by atoms with Crippen LogP contribution in [0, 0.1) is 0 Å². The lowest BCUT2D eigenvalue weighted by Crippen LogP contribution is -2.38. The van der Waals surface area contributed by atoms with Crippen LogP contribution in [0.25, 0.3) is 22.2 Å². The predicted octanol–water partition coefficient (Wildman–Crippen LogP) is 4.82. The molecule has 0 radical (unpaired) electrons. The summed E-state index contributed by atoms with van der Waals surface area (Å²) < 4.78 is 13.5. The molecule has 0 amide bonds. The first kappa shape index (κ1) is 21.1. The number of nitrogens with zero attached hydrogens (tertiary/aromatic N) is 4. The molecule has 0 spiro atoms. The molecule has 0 N–H and O–H groups in total. The smallest absolute Gasteiger partial charge is 0.131 e. The molecule has 3 aromatic rings. The number of benzene rings is 1. The van der Waals surface area contributed by atoms with Crippen molar-refractivity contribution in [3.05, 3.63) is 41.7 Å². The van der Waals surface area contributed by atoms with Crippen LogP contribution in [0.3, 0.4) is 0 Å². The molecule has 0 bridgehead atoms. The van der Waals surface area contributed by atoms with E-state index < -0.39 is 0 Å². The van der Waals surface area contributed by atoms with Gasteiger partial charge >= 0.3 is 0 Å². The standard InChI is InChI=1S/C23H29ClN4O2/c1-3-5-17(2)28-21-15-22(24)25-16-20(21)23(26-28)18-6-4-7-19(14-18)30-13-10-27-8-11-29-12-9-27/h4,6-7,14-17H,3,5,8-13H2,1-2H3/t17-/m0/s1. The van der Waals surface area contributed by atoms with Gasteiger partial charge in [0.15, 0.2) is 0 Å². The SMILES string of the molecule is CCC[C@H](C)n1nc(-c2cccc(OCCN3CCOCC3)c2)c2cnc(Cl)cc21. The van der Waals surface area contributed by atoms with Gasteiger partial charge in [-0.3, -0.25) is 9.58 Å². The molecule has 1 atom stereocenters. The third-order valence-corrected chi connectivity index (χ3v) is 5.78. The maximum atomic E-state index is 6.19. The van der Waals surface area contributed by atoms with Gasteiger partial charge in [0.05, 0.1) is 18.7 Å². The quantitative estimate of drug-likeness (QED) is 0.481. The Morgan fingerprint density at radius 2 is 2.07 bits per heavy atom. The van der Waals surface area contributed by atoms with Gasteiger partial charge in [0.25, 0.3) is 0 Å². The minimum absolute atomic E-state index is 0.290. The Kier molecular flexibility index (Phi) is 6.87. The lowest BCUT2D eigenvalue weighted by Gasteiger charge is -2.26. The molecule has 3 heterocycles. The van der Waals surface area contributed by atoms with Crippen molar-refractivity contribution < 1.29 is 9.47 Å². The summed E-state index contributed by atoms with van der Waals surface area (Å²) in [5.41, 5.74) is 2.95. The Morgan fingerprint density at radius 1 is 1.23 bits per heavy atom. The van der Waals surface area contributed by atoms with E-state index in [1.807, 2.05) is 24.4 Å². The van der Waals surface area contributed by atoms with Crippen molar-refractivity contribution in [1.82, 2.24) is 19.7 Å². The van der Waals surface area contributed by atoms with Gasteiger partial charge in [0, 0.05) is 48.9 Å². The van der Waals surface area contributed by atoms with E-state index in [1.54, 1.807) is 0 Å². The van der Waals surface area contributed by atoms with Gasteiger partial charge < -0.3 is 9.47 Å². The van der Waals surface area contributed by atoms with Crippen molar-refractivity contribution in [2.45, 2.75) is 32.7 Å². The van der Waals surface area contributed by atoms with Crippen LogP contribution in [0.1, 0.15) is 32.7 Å². The molecule has 1 aliphatic heterocycles. The Bertz CT molecular complexity index is 984. The van der Waals surface area contributed by atoms with Gasteiger partial charge in [-0.25, -0.2) is 4.98 Å². The summed E-state index contributed by atoms with van der Waals surface area (Å²) in [6.07, 6.45) is 3.98. The molecule has 1 aromatic carbocycles. The van der Waals surface area contributed by atoms with Gasteiger partial charge in [-0.05, 0) is 25.5 Å². The normalized spacial score (nSPS) is 16.1.